The van der Waals surface area contributed by atoms with Gasteiger partial charge in [-0.1, -0.05) is 12.5 Å². The maximum absolute atomic E-state index is 13.3. The van der Waals surface area contributed by atoms with Crippen molar-refractivity contribution in [3.05, 3.63) is 69.9 Å². The summed E-state index contributed by atoms with van der Waals surface area (Å²) in [4.78, 5) is 27.2. The summed E-state index contributed by atoms with van der Waals surface area (Å²) in [6.07, 6.45) is 8.11. The van der Waals surface area contributed by atoms with Crippen molar-refractivity contribution >= 4 is 22.7 Å². The van der Waals surface area contributed by atoms with Gasteiger partial charge in [-0.3, -0.25) is 9.78 Å². The Morgan fingerprint density at radius 1 is 1.12 bits per heavy atom. The first kappa shape index (κ1) is 21.0. The number of hydrogen-bond acceptors (Lipinski definition) is 6. The van der Waals surface area contributed by atoms with Gasteiger partial charge in [-0.15, -0.1) is 0 Å². The molecule has 3 aromatic heterocycles. The van der Waals surface area contributed by atoms with E-state index >= 15 is 0 Å². The van der Waals surface area contributed by atoms with Crippen molar-refractivity contribution in [1.82, 2.24) is 29.6 Å². The standard InChI is InChI=1S/C26H29N7O/c1-16(2)32-25(34)22-15-29-26(30-20-7-6-17-8-10-27-14-19(17)12-20)31-24(22)33(32)21-9-11-28-23(13-21)18-4-3-5-18/h6-7,9,11-13,15-16,18,27H,3-5,8,10,14H2,1-2H3,(H,29,30,31). The van der Waals surface area contributed by atoms with Crippen molar-refractivity contribution in [2.45, 2.75) is 58.0 Å². The minimum Gasteiger partial charge on any atom is -0.324 e. The number of pyridine rings is 1. The zero-order chi connectivity index (χ0) is 23.2. The van der Waals surface area contributed by atoms with Gasteiger partial charge in [0.05, 0.1) is 5.69 Å². The molecule has 34 heavy (non-hydrogen) atoms. The van der Waals surface area contributed by atoms with Gasteiger partial charge in [-0.2, -0.15) is 4.98 Å². The largest absolute Gasteiger partial charge is 0.324 e. The number of benzene rings is 1. The third kappa shape index (κ3) is 3.58. The van der Waals surface area contributed by atoms with Crippen molar-refractivity contribution in [2.75, 3.05) is 11.9 Å². The van der Waals surface area contributed by atoms with Crippen LogP contribution >= 0.6 is 0 Å². The molecule has 0 radical (unpaired) electrons. The number of anilines is 2. The molecule has 1 fully saturated rings. The van der Waals surface area contributed by atoms with Crippen molar-refractivity contribution < 1.29 is 0 Å². The Labute approximate surface area is 198 Å². The van der Waals surface area contributed by atoms with Crippen LogP contribution in [-0.2, 0) is 13.0 Å². The van der Waals surface area contributed by atoms with Gasteiger partial charge in [-0.25, -0.2) is 14.3 Å². The molecule has 0 saturated heterocycles. The molecule has 6 rings (SSSR count). The predicted molar refractivity (Wildman–Crippen MR) is 133 cm³/mol. The minimum atomic E-state index is -0.0848. The van der Waals surface area contributed by atoms with Crippen LogP contribution in [0.15, 0.2) is 47.5 Å². The Balaban J connectivity index is 1.44. The normalized spacial score (nSPS) is 16.0. The van der Waals surface area contributed by atoms with Gasteiger partial charge in [0.15, 0.2) is 5.65 Å². The average Bonchev–Trinajstić information content (AvgIpc) is 3.10. The molecule has 4 heterocycles. The van der Waals surface area contributed by atoms with Crippen LogP contribution in [0.5, 0.6) is 0 Å². The van der Waals surface area contributed by atoms with Gasteiger partial charge in [0, 0.05) is 42.3 Å². The number of aromatic nitrogens is 5. The highest BCUT2D eigenvalue weighted by molar-refractivity contribution is 5.77. The molecule has 1 aliphatic carbocycles. The van der Waals surface area contributed by atoms with Gasteiger partial charge in [0.2, 0.25) is 5.95 Å². The summed E-state index contributed by atoms with van der Waals surface area (Å²) in [6, 6.07) is 10.4. The van der Waals surface area contributed by atoms with Crippen LogP contribution in [0.3, 0.4) is 0 Å². The fourth-order valence-corrected chi connectivity index (χ4v) is 4.96. The monoisotopic (exact) mass is 455 g/mol. The number of hydrogen-bond donors (Lipinski definition) is 2. The molecular weight excluding hydrogens is 426 g/mol. The molecule has 1 aromatic carbocycles. The van der Waals surface area contributed by atoms with E-state index in [9.17, 15) is 4.79 Å². The molecule has 4 aromatic rings. The van der Waals surface area contributed by atoms with E-state index in [2.05, 4.69) is 44.9 Å². The van der Waals surface area contributed by atoms with Crippen LogP contribution < -0.4 is 16.2 Å². The highest BCUT2D eigenvalue weighted by atomic mass is 16.1. The molecule has 0 atom stereocenters. The number of fused-ring (bicyclic) bond motifs is 2. The van der Waals surface area contributed by atoms with Gasteiger partial charge >= 0.3 is 0 Å². The lowest BCUT2D eigenvalue weighted by Gasteiger charge is -2.25. The first-order chi connectivity index (χ1) is 16.6. The van der Waals surface area contributed by atoms with Crippen LogP contribution in [0.25, 0.3) is 16.7 Å². The Hall–Kier alpha value is -3.52. The fourth-order valence-electron chi connectivity index (χ4n) is 4.96. The van der Waals surface area contributed by atoms with E-state index in [4.69, 9.17) is 4.98 Å². The molecule has 2 aliphatic rings. The average molecular weight is 456 g/mol. The topological polar surface area (TPSA) is 89.7 Å². The molecular formula is C26H29N7O. The Bertz CT molecular complexity index is 1430. The summed E-state index contributed by atoms with van der Waals surface area (Å²) in [5, 5.41) is 7.27. The maximum atomic E-state index is 13.3. The Morgan fingerprint density at radius 3 is 2.79 bits per heavy atom. The molecule has 174 valence electrons. The van der Waals surface area contributed by atoms with Crippen molar-refractivity contribution in [3.8, 4) is 5.69 Å². The van der Waals surface area contributed by atoms with Crippen LogP contribution in [0.4, 0.5) is 11.6 Å². The molecule has 8 heteroatoms. The van der Waals surface area contributed by atoms with E-state index < -0.39 is 0 Å². The number of rotatable bonds is 5. The number of nitrogens with one attached hydrogen (secondary N) is 2. The molecule has 0 bridgehead atoms. The maximum Gasteiger partial charge on any atom is 0.278 e. The van der Waals surface area contributed by atoms with E-state index in [-0.39, 0.29) is 11.6 Å². The van der Waals surface area contributed by atoms with Crippen LogP contribution in [0.1, 0.15) is 61.9 Å². The zero-order valence-electron chi connectivity index (χ0n) is 19.6. The SMILES string of the molecule is CC(C)n1c(=O)c2cnc(Nc3ccc4c(c3)CNCC4)nc2n1-c1ccnc(C2CCC2)c1. The van der Waals surface area contributed by atoms with E-state index in [1.54, 1.807) is 10.9 Å². The molecule has 0 unspecified atom stereocenters. The molecule has 8 nitrogen and oxygen atoms in total. The molecule has 1 saturated carbocycles. The summed E-state index contributed by atoms with van der Waals surface area (Å²) in [5.74, 6) is 0.977. The highest BCUT2D eigenvalue weighted by Crippen LogP contribution is 2.36. The van der Waals surface area contributed by atoms with Crippen LogP contribution in [0.2, 0.25) is 0 Å². The molecule has 0 spiro atoms. The quantitative estimate of drug-likeness (QED) is 0.468. The zero-order valence-corrected chi connectivity index (χ0v) is 19.6. The second kappa shape index (κ2) is 8.36. The van der Waals surface area contributed by atoms with Gasteiger partial charge in [-0.05, 0) is 75.0 Å². The van der Waals surface area contributed by atoms with Gasteiger partial charge in [0.1, 0.15) is 5.39 Å². The smallest absolute Gasteiger partial charge is 0.278 e. The molecule has 1 aliphatic heterocycles. The first-order valence-corrected chi connectivity index (χ1v) is 12.1. The van der Waals surface area contributed by atoms with Crippen molar-refractivity contribution in [2.24, 2.45) is 0 Å². The third-order valence-electron chi connectivity index (χ3n) is 6.99. The lowest BCUT2D eigenvalue weighted by molar-refractivity contribution is 0.410. The van der Waals surface area contributed by atoms with Gasteiger partial charge < -0.3 is 10.6 Å². The van der Waals surface area contributed by atoms with Crippen molar-refractivity contribution in [3.63, 3.8) is 0 Å². The van der Waals surface area contributed by atoms with E-state index in [1.807, 2.05) is 30.8 Å². The number of nitrogens with zero attached hydrogens (tertiary/aromatic N) is 5. The summed E-state index contributed by atoms with van der Waals surface area (Å²) >= 11 is 0. The molecule has 2 N–H and O–H groups in total. The highest BCUT2D eigenvalue weighted by Gasteiger charge is 2.23. The van der Waals surface area contributed by atoms with E-state index in [1.165, 1.54) is 30.4 Å². The second-order valence-electron chi connectivity index (χ2n) is 9.59. The van der Waals surface area contributed by atoms with E-state index in [0.717, 1.165) is 36.6 Å². The summed E-state index contributed by atoms with van der Waals surface area (Å²) in [6.45, 7) is 5.91. The minimum absolute atomic E-state index is 0.0356. The van der Waals surface area contributed by atoms with Gasteiger partial charge in [0.25, 0.3) is 5.56 Å². The lowest BCUT2D eigenvalue weighted by Crippen LogP contribution is -2.24. The van der Waals surface area contributed by atoms with Crippen molar-refractivity contribution in [1.29, 1.82) is 0 Å². The van der Waals surface area contributed by atoms with Crippen LogP contribution in [0, 0.1) is 0 Å². The summed E-state index contributed by atoms with van der Waals surface area (Å²) in [7, 11) is 0. The third-order valence-corrected chi connectivity index (χ3v) is 6.99. The fraction of sp³-hybridized carbons (Fsp3) is 0.385. The first-order valence-electron chi connectivity index (χ1n) is 12.1. The molecule has 0 amide bonds. The Morgan fingerprint density at radius 2 is 2.00 bits per heavy atom. The summed E-state index contributed by atoms with van der Waals surface area (Å²) in [5.41, 5.74) is 6.12. The van der Waals surface area contributed by atoms with Crippen LogP contribution in [-0.4, -0.2) is 30.9 Å². The Kier molecular flexibility index (Phi) is 5.17. The lowest BCUT2D eigenvalue weighted by atomic mass is 9.82. The van der Waals surface area contributed by atoms with E-state index in [0.29, 0.717) is 22.9 Å². The summed E-state index contributed by atoms with van der Waals surface area (Å²) < 4.78 is 3.68. The second-order valence-corrected chi connectivity index (χ2v) is 9.59. The predicted octanol–water partition coefficient (Wildman–Crippen LogP) is 4.21.